The van der Waals surface area contributed by atoms with Gasteiger partial charge in [-0.2, -0.15) is 5.10 Å². The highest BCUT2D eigenvalue weighted by molar-refractivity contribution is 5.93. The molecule has 0 atom stereocenters. The number of para-hydroxylation sites is 1. The highest BCUT2D eigenvalue weighted by Crippen LogP contribution is 2.25. The van der Waals surface area contributed by atoms with Crippen molar-refractivity contribution >= 4 is 12.0 Å². The van der Waals surface area contributed by atoms with Crippen molar-refractivity contribution in [1.29, 1.82) is 0 Å². The average Bonchev–Trinajstić information content (AvgIpc) is 3.23. The fourth-order valence-electron chi connectivity index (χ4n) is 3.98. The van der Waals surface area contributed by atoms with Crippen molar-refractivity contribution in [3.63, 3.8) is 0 Å². The lowest BCUT2D eigenvalue weighted by Crippen LogP contribution is -3.10. The van der Waals surface area contributed by atoms with Gasteiger partial charge in [0.15, 0.2) is 0 Å². The van der Waals surface area contributed by atoms with Gasteiger partial charge in [-0.05, 0) is 18.2 Å². The van der Waals surface area contributed by atoms with Gasteiger partial charge in [0.25, 0.3) is 0 Å². The molecule has 4 rings (SSSR count). The number of aromatic nitrogens is 2. The predicted octanol–water partition coefficient (Wildman–Crippen LogP) is 2.69. The number of nitrogens with zero attached hydrogens (tertiary/aromatic N) is 3. The average molecular weight is 402 g/mol. The normalized spacial score (nSPS) is 19.1. The van der Waals surface area contributed by atoms with Gasteiger partial charge in [0, 0.05) is 49.3 Å². The molecule has 0 saturated carbocycles. The van der Waals surface area contributed by atoms with Gasteiger partial charge in [0.05, 0.1) is 31.5 Å². The van der Waals surface area contributed by atoms with Crippen molar-refractivity contribution in [2.45, 2.75) is 18.9 Å². The summed E-state index contributed by atoms with van der Waals surface area (Å²) in [4.78, 5) is 16.3. The predicted molar refractivity (Wildman–Crippen MR) is 120 cm³/mol. The van der Waals surface area contributed by atoms with Gasteiger partial charge >= 0.3 is 0 Å². The summed E-state index contributed by atoms with van der Waals surface area (Å²) in [5.41, 5.74) is 3.83. The van der Waals surface area contributed by atoms with Crippen LogP contribution in [0.4, 0.5) is 0 Å². The maximum atomic E-state index is 12.8. The van der Waals surface area contributed by atoms with Crippen LogP contribution in [-0.4, -0.2) is 53.8 Å². The van der Waals surface area contributed by atoms with E-state index in [0.29, 0.717) is 6.04 Å². The number of benzene rings is 2. The molecule has 2 aromatic carbocycles. The molecule has 30 heavy (non-hydrogen) atoms. The molecule has 0 aliphatic carbocycles. The number of piperidine rings is 1. The van der Waals surface area contributed by atoms with Gasteiger partial charge in [-0.15, -0.1) is 0 Å². The molecule has 5 heteroatoms. The van der Waals surface area contributed by atoms with E-state index in [1.165, 1.54) is 0 Å². The van der Waals surface area contributed by atoms with Crippen LogP contribution in [0.5, 0.6) is 0 Å². The molecular weight excluding hydrogens is 372 g/mol. The molecule has 1 amide bonds. The largest absolute Gasteiger partial charge is 0.339 e. The molecule has 1 saturated heterocycles. The third-order valence-electron chi connectivity index (χ3n) is 5.92. The van der Waals surface area contributed by atoms with Gasteiger partial charge in [0.2, 0.25) is 5.91 Å². The topological polar surface area (TPSA) is 42.6 Å². The molecule has 0 radical (unpaired) electrons. The first kappa shape index (κ1) is 20.1. The molecule has 0 spiro atoms. The molecule has 0 unspecified atom stereocenters. The van der Waals surface area contributed by atoms with E-state index in [4.69, 9.17) is 5.10 Å². The van der Waals surface area contributed by atoms with Crippen LogP contribution in [0, 0.1) is 0 Å². The van der Waals surface area contributed by atoms with Crippen molar-refractivity contribution < 1.29 is 9.69 Å². The van der Waals surface area contributed by atoms with E-state index in [1.54, 1.807) is 11.0 Å². The fourth-order valence-corrected chi connectivity index (χ4v) is 3.98. The summed E-state index contributed by atoms with van der Waals surface area (Å²) in [6, 6.07) is 20.5. The molecule has 1 aliphatic rings. The Morgan fingerprint density at radius 1 is 1.07 bits per heavy atom. The molecule has 1 fully saturated rings. The van der Waals surface area contributed by atoms with Crippen LogP contribution in [-0.2, 0) is 4.79 Å². The summed E-state index contributed by atoms with van der Waals surface area (Å²) in [5, 5.41) is 4.81. The summed E-state index contributed by atoms with van der Waals surface area (Å²) in [6.45, 7) is 2.24. The second-order valence-electron chi connectivity index (χ2n) is 8.05. The van der Waals surface area contributed by atoms with Crippen molar-refractivity contribution in [2.75, 3.05) is 27.2 Å². The lowest BCUT2D eigenvalue weighted by molar-refractivity contribution is -0.885. The molecular formula is C25H29N4O+. The quantitative estimate of drug-likeness (QED) is 0.668. The minimum absolute atomic E-state index is 0.0472. The molecule has 3 aromatic rings. The summed E-state index contributed by atoms with van der Waals surface area (Å²) < 4.78 is 1.87. The van der Waals surface area contributed by atoms with E-state index in [9.17, 15) is 4.79 Å². The highest BCUT2D eigenvalue weighted by atomic mass is 16.2. The Balaban J connectivity index is 1.59. The summed E-state index contributed by atoms with van der Waals surface area (Å²) >= 11 is 0. The molecule has 1 aliphatic heterocycles. The molecule has 0 bridgehead atoms. The number of amides is 1. The standard InChI is InChI=1S/C25H28N4O/c1-27-17-15-22(16-18-27)28(2)24(30)14-13-21-19-29(23-11-7-4-8-12-23)26-25(21)20-9-5-3-6-10-20/h3-14,19,22H,15-18H2,1-2H3/p+1/b14-13+. The Morgan fingerprint density at radius 2 is 1.70 bits per heavy atom. The Kier molecular flexibility index (Phi) is 6.10. The molecule has 5 nitrogen and oxygen atoms in total. The maximum absolute atomic E-state index is 12.8. The van der Waals surface area contributed by atoms with Crippen LogP contribution in [0.3, 0.4) is 0 Å². The van der Waals surface area contributed by atoms with Gasteiger partial charge in [-0.1, -0.05) is 48.5 Å². The van der Waals surface area contributed by atoms with Gasteiger partial charge in [-0.3, -0.25) is 4.79 Å². The van der Waals surface area contributed by atoms with E-state index in [0.717, 1.165) is 48.4 Å². The number of hydrogen-bond acceptors (Lipinski definition) is 2. The van der Waals surface area contributed by atoms with Crippen molar-refractivity contribution in [3.8, 4) is 16.9 Å². The van der Waals surface area contributed by atoms with Crippen molar-refractivity contribution in [3.05, 3.63) is 78.5 Å². The summed E-state index contributed by atoms with van der Waals surface area (Å²) in [6.07, 6.45) is 7.68. The van der Waals surface area contributed by atoms with E-state index >= 15 is 0 Å². The fraction of sp³-hybridized carbons (Fsp3) is 0.280. The van der Waals surface area contributed by atoms with Crippen molar-refractivity contribution in [2.24, 2.45) is 0 Å². The van der Waals surface area contributed by atoms with E-state index in [1.807, 2.05) is 89.6 Å². The third-order valence-corrected chi connectivity index (χ3v) is 5.92. The molecule has 154 valence electrons. The second-order valence-corrected chi connectivity index (χ2v) is 8.05. The van der Waals surface area contributed by atoms with E-state index in [2.05, 4.69) is 7.05 Å². The third kappa shape index (κ3) is 4.52. The van der Waals surface area contributed by atoms with Gasteiger partial charge in [-0.25, -0.2) is 4.68 Å². The van der Waals surface area contributed by atoms with Gasteiger partial charge < -0.3 is 9.80 Å². The summed E-state index contributed by atoms with van der Waals surface area (Å²) in [7, 11) is 4.14. The van der Waals surface area contributed by atoms with E-state index < -0.39 is 0 Å². The second kappa shape index (κ2) is 9.09. The lowest BCUT2D eigenvalue weighted by Gasteiger charge is -2.32. The zero-order valence-corrected chi connectivity index (χ0v) is 17.7. The Hall–Kier alpha value is -3.18. The number of rotatable bonds is 5. The van der Waals surface area contributed by atoms with Crippen LogP contribution >= 0.6 is 0 Å². The number of quaternary nitrogens is 1. The van der Waals surface area contributed by atoms with Crippen LogP contribution in [0.15, 0.2) is 72.9 Å². The van der Waals surface area contributed by atoms with Crippen LogP contribution in [0.1, 0.15) is 18.4 Å². The maximum Gasteiger partial charge on any atom is 0.246 e. The monoisotopic (exact) mass is 401 g/mol. The minimum atomic E-state index is 0.0472. The first-order valence-corrected chi connectivity index (χ1v) is 10.6. The number of likely N-dealkylation sites (tertiary alicyclic amines) is 1. The molecule has 1 aromatic heterocycles. The zero-order valence-electron chi connectivity index (χ0n) is 17.7. The Morgan fingerprint density at radius 3 is 2.37 bits per heavy atom. The highest BCUT2D eigenvalue weighted by Gasteiger charge is 2.25. The first-order chi connectivity index (χ1) is 14.6. The number of likely N-dealkylation sites (N-methyl/N-ethyl adjacent to an activating group) is 1. The summed E-state index contributed by atoms with van der Waals surface area (Å²) in [5.74, 6) is 0.0472. The Labute approximate surface area is 178 Å². The van der Waals surface area contributed by atoms with Crippen LogP contribution < -0.4 is 4.90 Å². The smallest absolute Gasteiger partial charge is 0.246 e. The van der Waals surface area contributed by atoms with Crippen LogP contribution in [0.25, 0.3) is 23.0 Å². The van der Waals surface area contributed by atoms with E-state index in [-0.39, 0.29) is 5.91 Å². The molecule has 1 N–H and O–H groups in total. The number of nitrogens with one attached hydrogen (secondary N) is 1. The first-order valence-electron chi connectivity index (χ1n) is 10.6. The number of carbonyl (C=O) groups is 1. The molecule has 2 heterocycles. The Bertz CT molecular complexity index is 1000. The van der Waals surface area contributed by atoms with Crippen molar-refractivity contribution in [1.82, 2.24) is 14.7 Å². The minimum Gasteiger partial charge on any atom is -0.339 e. The number of carbonyl (C=O) groups excluding carboxylic acids is 1. The zero-order chi connectivity index (χ0) is 20.9. The lowest BCUT2D eigenvalue weighted by atomic mass is 10.0. The van der Waals surface area contributed by atoms with Gasteiger partial charge in [0.1, 0.15) is 0 Å². The SMILES string of the molecule is CN(C(=O)/C=C/c1cn(-c2ccccc2)nc1-c1ccccc1)C1CC[NH+](C)CC1. The van der Waals surface area contributed by atoms with Crippen LogP contribution in [0.2, 0.25) is 0 Å². The number of hydrogen-bond donors (Lipinski definition) is 1.